The molecule has 0 unspecified atom stereocenters. The molecule has 8 aromatic heterocycles. The first kappa shape index (κ1) is 53.3. The van der Waals surface area contributed by atoms with Crippen molar-refractivity contribution in [1.82, 2.24) is 59.0 Å². The average molecular weight is 1070 g/mol. The Labute approximate surface area is 475 Å². The summed E-state index contributed by atoms with van der Waals surface area (Å²) in [6, 6.07) is 19.9. The first-order valence-corrected chi connectivity index (χ1v) is 30.1. The number of hydrogen-bond acceptors (Lipinski definition) is 6. The van der Waals surface area contributed by atoms with Crippen molar-refractivity contribution < 1.29 is 0 Å². The zero-order valence-corrected chi connectivity index (χ0v) is 47.9. The van der Waals surface area contributed by atoms with Crippen LogP contribution in [0.15, 0.2) is 79.4 Å². The Morgan fingerprint density at radius 2 is 0.691 bits per heavy atom. The van der Waals surface area contributed by atoms with Crippen LogP contribution in [-0.2, 0) is 33.4 Å². The summed E-state index contributed by atoms with van der Waals surface area (Å²) in [4.78, 5) is 47.9. The van der Waals surface area contributed by atoms with E-state index >= 15 is 0 Å². The minimum Gasteiger partial charge on any atom is -0.355 e. The van der Waals surface area contributed by atoms with Crippen molar-refractivity contribution in [3.63, 3.8) is 0 Å². The lowest BCUT2D eigenvalue weighted by molar-refractivity contribution is 0.632. The van der Waals surface area contributed by atoms with Crippen LogP contribution in [-0.4, -0.2) is 59.0 Å². The van der Waals surface area contributed by atoms with Gasteiger partial charge in [0.05, 0.1) is 67.7 Å². The van der Waals surface area contributed by atoms with Crippen LogP contribution in [0.4, 0.5) is 0 Å². The van der Waals surface area contributed by atoms with Crippen LogP contribution in [0, 0.1) is 0 Å². The number of imidazole rings is 2. The Bertz CT molecular complexity index is 4090. The Balaban J connectivity index is 1.16. The van der Waals surface area contributed by atoms with Gasteiger partial charge in [-0.3, -0.25) is 0 Å². The third-order valence-corrected chi connectivity index (χ3v) is 16.6. The minimum absolute atomic E-state index is 0.846. The van der Waals surface area contributed by atoms with Gasteiger partial charge in [-0.25, -0.2) is 29.9 Å². The van der Waals surface area contributed by atoms with Gasteiger partial charge in [-0.05, 0) is 142 Å². The monoisotopic (exact) mass is 1070 g/mol. The maximum atomic E-state index is 5.76. The van der Waals surface area contributed by atoms with Gasteiger partial charge in [0.25, 0.3) is 0 Å². The lowest BCUT2D eigenvalue weighted by Crippen LogP contribution is -1.96. The summed E-state index contributed by atoms with van der Waals surface area (Å²) in [6.07, 6.45) is 45.5. The van der Waals surface area contributed by atoms with Gasteiger partial charge in [-0.1, -0.05) is 97.8 Å². The van der Waals surface area contributed by atoms with Crippen molar-refractivity contribution in [2.75, 3.05) is 0 Å². The highest BCUT2D eigenvalue weighted by Crippen LogP contribution is 2.39. The van der Waals surface area contributed by atoms with Gasteiger partial charge in [-0.15, -0.1) is 0 Å². The molecule has 8 aromatic rings. The van der Waals surface area contributed by atoms with Gasteiger partial charge in [0, 0.05) is 99.8 Å². The molecule has 0 saturated heterocycles. The van der Waals surface area contributed by atoms with E-state index in [0.717, 1.165) is 181 Å². The summed E-state index contributed by atoms with van der Waals surface area (Å²) in [7, 11) is 4.10. The van der Waals surface area contributed by atoms with Crippen LogP contribution in [0.1, 0.15) is 179 Å². The zero-order valence-electron chi connectivity index (χ0n) is 47.9. The number of aromatic nitrogens is 12. The van der Waals surface area contributed by atoms with E-state index in [0.29, 0.717) is 0 Å². The van der Waals surface area contributed by atoms with E-state index < -0.39 is 0 Å². The first-order valence-electron chi connectivity index (χ1n) is 30.1. The maximum Gasteiger partial charge on any atom is 0.143 e. The number of hydrogen-bond donors (Lipinski definition) is 4. The molecule has 0 aliphatic carbocycles. The number of unbranched alkanes of at least 4 members (excludes halogenated alkanes) is 12. The molecule has 412 valence electrons. The number of fused-ring (bicyclic) bond motifs is 16. The van der Waals surface area contributed by atoms with Gasteiger partial charge < -0.3 is 29.1 Å². The summed E-state index contributed by atoms with van der Waals surface area (Å²) in [5, 5.41) is 0. The van der Waals surface area contributed by atoms with Crippen molar-refractivity contribution in [3.8, 4) is 33.9 Å². The molecule has 81 heavy (non-hydrogen) atoms. The molecule has 16 bridgehead atoms. The van der Waals surface area contributed by atoms with E-state index in [2.05, 4.69) is 160 Å². The average Bonchev–Trinajstić information content (AvgIpc) is 4.45. The number of aromatic amines is 4. The van der Waals surface area contributed by atoms with Crippen molar-refractivity contribution in [2.24, 2.45) is 14.1 Å². The maximum absolute atomic E-state index is 5.76. The van der Waals surface area contributed by atoms with Gasteiger partial charge in [0.2, 0.25) is 0 Å². The molecule has 4 N–H and O–H groups in total. The van der Waals surface area contributed by atoms with E-state index in [-0.39, 0.29) is 0 Å². The van der Waals surface area contributed by atoms with Gasteiger partial charge >= 0.3 is 0 Å². The third kappa shape index (κ3) is 11.1. The second kappa shape index (κ2) is 24.1. The standard InChI is InChI=1S/C69H76N12/c1-6-9-12-15-18-21-47-50-28-34-57(74-50)64(56-26-24-45(72-56)44-46-25-27-60(73-46)66(61-37-31-53(47)77-61)68-70-40-42-80(68)4)65-58-35-29-51(75-58)48(22-19-16-13-10-7-2)54-32-38-62(78-54)67(69-71-41-43-81(69)5)63-39-33-55(79-63)49(23-20-17-14-11-8-3)52-30-36-59(65)76-52/h24-44,73-75,79H,6-23H2,1-5H3. The Morgan fingerprint density at radius 1 is 0.346 bits per heavy atom. The van der Waals surface area contributed by atoms with Crippen LogP contribution in [0.5, 0.6) is 0 Å². The van der Waals surface area contributed by atoms with Crippen LogP contribution >= 0.6 is 0 Å². The molecule has 0 spiro atoms. The number of rotatable bonds is 21. The van der Waals surface area contributed by atoms with E-state index in [9.17, 15) is 0 Å². The second-order valence-electron chi connectivity index (χ2n) is 22.4. The van der Waals surface area contributed by atoms with Crippen LogP contribution < -0.4 is 0 Å². The number of aryl methyl sites for hydroxylation is 5. The van der Waals surface area contributed by atoms with E-state index in [1.54, 1.807) is 0 Å². The molecule has 0 atom stereocenters. The number of nitrogens with zero attached hydrogens (tertiary/aromatic N) is 8. The fourth-order valence-corrected chi connectivity index (χ4v) is 12.2. The fraction of sp³-hybridized carbons (Fsp3) is 0.333. The predicted molar refractivity (Wildman–Crippen MR) is 339 cm³/mol. The van der Waals surface area contributed by atoms with Gasteiger partial charge in [-0.2, -0.15) is 0 Å². The molecular formula is C69H76N12. The second-order valence-corrected chi connectivity index (χ2v) is 22.4. The Morgan fingerprint density at radius 3 is 1.11 bits per heavy atom. The third-order valence-electron chi connectivity index (χ3n) is 16.6. The van der Waals surface area contributed by atoms with Crippen molar-refractivity contribution >= 4 is 92.7 Å². The highest BCUT2D eigenvalue weighted by molar-refractivity contribution is 6.01. The minimum atomic E-state index is 0.846. The van der Waals surface area contributed by atoms with Crippen molar-refractivity contribution in [1.29, 1.82) is 0 Å². The topological polar surface area (TPSA) is 150 Å². The summed E-state index contributed by atoms with van der Waals surface area (Å²) in [5.74, 6) is 1.72. The van der Waals surface area contributed by atoms with E-state index in [4.69, 9.17) is 29.9 Å². The van der Waals surface area contributed by atoms with E-state index in [1.807, 2.05) is 31.8 Å². The van der Waals surface area contributed by atoms with Crippen LogP contribution in [0.3, 0.4) is 0 Å². The molecule has 12 rings (SSSR count). The number of H-pyrrole nitrogens is 4. The molecule has 12 heterocycles. The van der Waals surface area contributed by atoms with Gasteiger partial charge in [0.15, 0.2) is 0 Å². The largest absolute Gasteiger partial charge is 0.355 e. The molecule has 0 fully saturated rings. The lowest BCUT2D eigenvalue weighted by atomic mass is 10.0. The highest BCUT2D eigenvalue weighted by atomic mass is 15.0. The van der Waals surface area contributed by atoms with Crippen molar-refractivity contribution in [3.05, 3.63) is 142 Å². The first-order chi connectivity index (χ1) is 39.8. The summed E-state index contributed by atoms with van der Waals surface area (Å²) >= 11 is 0. The molecule has 0 amide bonds. The number of nitrogens with one attached hydrogen (secondary N) is 4. The molecule has 4 aliphatic heterocycles. The predicted octanol–water partition coefficient (Wildman–Crippen LogP) is 17.6. The van der Waals surface area contributed by atoms with Crippen molar-refractivity contribution in [2.45, 2.75) is 136 Å². The summed E-state index contributed by atoms with van der Waals surface area (Å²) in [6.45, 7) is 6.84. The Kier molecular flexibility index (Phi) is 15.9. The van der Waals surface area contributed by atoms with Crippen LogP contribution in [0.2, 0.25) is 0 Å². The Hall–Kier alpha value is -8.38. The summed E-state index contributed by atoms with van der Waals surface area (Å²) in [5.41, 5.74) is 22.6. The molecule has 0 aromatic carbocycles. The van der Waals surface area contributed by atoms with E-state index in [1.165, 1.54) is 74.5 Å². The van der Waals surface area contributed by atoms with Crippen LogP contribution in [0.25, 0.3) is 127 Å². The molecule has 12 nitrogen and oxygen atoms in total. The smallest absolute Gasteiger partial charge is 0.143 e. The molecule has 0 radical (unpaired) electrons. The fourth-order valence-electron chi connectivity index (χ4n) is 12.2. The summed E-state index contributed by atoms with van der Waals surface area (Å²) < 4.78 is 4.16. The quantitative estimate of drug-likeness (QED) is 0.0526. The zero-order chi connectivity index (χ0) is 55.2. The molecule has 12 heteroatoms. The molecule has 0 saturated carbocycles. The normalized spacial score (nSPS) is 12.7. The SMILES string of the molecule is CCCCCCCc1c2nc(c(-c3nccn3C)c3ccc(cc4nc(c(-c5c6nc(c(CCCCCCC)c7ccc([nH]7)c(-c7nccn7C)c7nc(c(CCCCCCC)c8ccc5[nH]8)C=C7)C=C6)c5ccc1[nH]5)C=C4)[nH]3)C=C2. The highest BCUT2D eigenvalue weighted by Gasteiger charge is 2.23. The molecule has 4 aliphatic rings. The molecular weight excluding hydrogens is 997 g/mol. The lowest BCUT2D eigenvalue weighted by Gasteiger charge is -2.08. The van der Waals surface area contributed by atoms with Gasteiger partial charge in [0.1, 0.15) is 11.6 Å².